The molecule has 9 heteroatoms. The molecule has 2 amide bonds. The lowest BCUT2D eigenvalue weighted by molar-refractivity contribution is -0.384. The van der Waals surface area contributed by atoms with Crippen molar-refractivity contribution < 1.29 is 18.9 Å². The van der Waals surface area contributed by atoms with Crippen molar-refractivity contribution in [2.75, 3.05) is 10.6 Å². The second-order valence-electron chi connectivity index (χ2n) is 6.46. The minimum absolute atomic E-state index is 0.0868. The van der Waals surface area contributed by atoms with Gasteiger partial charge in [-0.15, -0.1) is 11.8 Å². The fraction of sp³-hybridized carbons (Fsp3) is 0.143. The number of nitro groups is 1. The van der Waals surface area contributed by atoms with Crippen molar-refractivity contribution in [2.24, 2.45) is 0 Å². The fourth-order valence-corrected chi connectivity index (χ4v) is 3.52. The van der Waals surface area contributed by atoms with E-state index in [4.69, 9.17) is 4.42 Å². The van der Waals surface area contributed by atoms with Gasteiger partial charge >= 0.3 is 0 Å². The largest absolute Gasteiger partial charge is 0.459 e. The van der Waals surface area contributed by atoms with E-state index in [1.807, 2.05) is 6.07 Å². The number of nitro benzene ring substituents is 1. The van der Waals surface area contributed by atoms with Crippen LogP contribution in [0.25, 0.3) is 0 Å². The zero-order chi connectivity index (χ0) is 21.7. The van der Waals surface area contributed by atoms with Crippen molar-refractivity contribution in [3.8, 4) is 0 Å². The van der Waals surface area contributed by atoms with Crippen LogP contribution >= 0.6 is 11.8 Å². The summed E-state index contributed by atoms with van der Waals surface area (Å²) in [6.45, 7) is 3.50. The van der Waals surface area contributed by atoms with Gasteiger partial charge in [0, 0.05) is 22.7 Å². The number of thioether (sulfide) groups is 1. The van der Waals surface area contributed by atoms with Crippen LogP contribution in [0.2, 0.25) is 0 Å². The van der Waals surface area contributed by atoms with Gasteiger partial charge in [0.15, 0.2) is 5.76 Å². The van der Waals surface area contributed by atoms with Crippen molar-refractivity contribution in [1.82, 2.24) is 0 Å². The molecular formula is C21H19N3O5S. The Labute approximate surface area is 176 Å². The molecule has 0 aliphatic rings. The molecule has 8 nitrogen and oxygen atoms in total. The summed E-state index contributed by atoms with van der Waals surface area (Å²) in [6.07, 6.45) is 1.42. The van der Waals surface area contributed by atoms with Gasteiger partial charge in [0.2, 0.25) is 5.91 Å². The Morgan fingerprint density at radius 1 is 1.10 bits per heavy atom. The van der Waals surface area contributed by atoms with Crippen LogP contribution in [0.4, 0.5) is 17.1 Å². The lowest BCUT2D eigenvalue weighted by atomic mass is 10.2. The number of hydrogen-bond acceptors (Lipinski definition) is 6. The van der Waals surface area contributed by atoms with Crippen molar-refractivity contribution in [1.29, 1.82) is 0 Å². The molecule has 1 heterocycles. The van der Waals surface area contributed by atoms with E-state index >= 15 is 0 Å². The topological polar surface area (TPSA) is 114 Å². The van der Waals surface area contributed by atoms with Crippen LogP contribution in [0.15, 0.2) is 70.2 Å². The number of benzene rings is 2. The zero-order valence-electron chi connectivity index (χ0n) is 16.2. The predicted molar refractivity (Wildman–Crippen MR) is 115 cm³/mol. The number of hydrogen-bond donors (Lipinski definition) is 2. The Bertz CT molecular complexity index is 1080. The maximum atomic E-state index is 12.6. The van der Waals surface area contributed by atoms with Crippen LogP contribution in [-0.4, -0.2) is 22.0 Å². The van der Waals surface area contributed by atoms with Gasteiger partial charge in [0.1, 0.15) is 0 Å². The first-order chi connectivity index (χ1) is 14.3. The highest BCUT2D eigenvalue weighted by Crippen LogP contribution is 2.28. The third-order valence-electron chi connectivity index (χ3n) is 4.21. The predicted octanol–water partition coefficient (Wildman–Crippen LogP) is 4.87. The molecule has 0 saturated carbocycles. The fourth-order valence-electron chi connectivity index (χ4n) is 2.60. The third kappa shape index (κ3) is 5.26. The maximum absolute atomic E-state index is 12.6. The number of nitrogens with one attached hydrogen (secondary N) is 2. The number of non-ortho nitro benzene ring substituents is 1. The van der Waals surface area contributed by atoms with Gasteiger partial charge in [-0.05, 0) is 49.7 Å². The number of anilines is 2. The molecule has 2 aromatic carbocycles. The number of carbonyl (C=O) groups excluding carboxylic acids is 2. The van der Waals surface area contributed by atoms with Gasteiger partial charge in [0.05, 0.1) is 22.1 Å². The van der Waals surface area contributed by atoms with Gasteiger partial charge in [-0.25, -0.2) is 0 Å². The normalized spacial score (nSPS) is 11.5. The summed E-state index contributed by atoms with van der Waals surface area (Å²) in [5, 5.41) is 16.0. The van der Waals surface area contributed by atoms with Crippen molar-refractivity contribution in [2.45, 2.75) is 24.0 Å². The number of aryl methyl sites for hydroxylation is 1. The van der Waals surface area contributed by atoms with Crippen LogP contribution in [0.1, 0.15) is 23.0 Å². The zero-order valence-corrected chi connectivity index (χ0v) is 17.1. The van der Waals surface area contributed by atoms with Gasteiger partial charge in [-0.2, -0.15) is 0 Å². The molecule has 0 spiro atoms. The van der Waals surface area contributed by atoms with Crippen LogP contribution in [0.5, 0.6) is 0 Å². The van der Waals surface area contributed by atoms with E-state index in [0.717, 1.165) is 10.5 Å². The van der Waals surface area contributed by atoms with Gasteiger partial charge < -0.3 is 15.1 Å². The summed E-state index contributed by atoms with van der Waals surface area (Å²) in [6, 6.07) is 14.6. The molecule has 1 aromatic heterocycles. The van der Waals surface area contributed by atoms with E-state index in [0.29, 0.717) is 11.4 Å². The Morgan fingerprint density at radius 2 is 1.90 bits per heavy atom. The SMILES string of the molecule is Cc1ccc([N+](=O)[O-])cc1NC(=O)C(C)Sc1cccc(NC(=O)c2ccco2)c1. The van der Waals surface area contributed by atoms with Crippen LogP contribution < -0.4 is 10.6 Å². The number of rotatable bonds is 7. The van der Waals surface area contributed by atoms with Gasteiger partial charge in [0.25, 0.3) is 11.6 Å². The van der Waals surface area contributed by atoms with E-state index in [-0.39, 0.29) is 23.3 Å². The van der Waals surface area contributed by atoms with Crippen molar-refractivity contribution >= 4 is 40.6 Å². The van der Waals surface area contributed by atoms with Crippen LogP contribution in [0, 0.1) is 17.0 Å². The average molecular weight is 425 g/mol. The summed E-state index contributed by atoms with van der Waals surface area (Å²) in [5.74, 6) is -0.448. The highest BCUT2D eigenvalue weighted by Gasteiger charge is 2.18. The van der Waals surface area contributed by atoms with Crippen molar-refractivity contribution in [3.05, 3.63) is 82.3 Å². The maximum Gasteiger partial charge on any atom is 0.291 e. The third-order valence-corrected chi connectivity index (χ3v) is 5.30. The molecule has 1 unspecified atom stereocenters. The molecule has 154 valence electrons. The molecule has 1 atom stereocenters. The Hall–Kier alpha value is -3.59. The molecule has 3 aromatic rings. The summed E-state index contributed by atoms with van der Waals surface area (Å²) in [7, 11) is 0. The summed E-state index contributed by atoms with van der Waals surface area (Å²) in [5.41, 5.74) is 1.62. The molecule has 0 fully saturated rings. The summed E-state index contributed by atoms with van der Waals surface area (Å²) >= 11 is 1.31. The monoisotopic (exact) mass is 425 g/mol. The summed E-state index contributed by atoms with van der Waals surface area (Å²) < 4.78 is 5.07. The number of carbonyl (C=O) groups is 2. The molecule has 0 aliphatic carbocycles. The van der Waals surface area contributed by atoms with Gasteiger partial charge in [-0.3, -0.25) is 19.7 Å². The first kappa shape index (κ1) is 21.1. The second-order valence-corrected chi connectivity index (χ2v) is 7.88. The first-order valence-electron chi connectivity index (χ1n) is 9.01. The van der Waals surface area contributed by atoms with Crippen LogP contribution in [-0.2, 0) is 4.79 Å². The van der Waals surface area contributed by atoms with E-state index < -0.39 is 10.2 Å². The Kier molecular flexibility index (Phi) is 6.53. The lowest BCUT2D eigenvalue weighted by Gasteiger charge is -2.14. The number of nitrogens with zero attached hydrogens (tertiary/aromatic N) is 1. The molecule has 0 bridgehead atoms. The van der Waals surface area contributed by atoms with E-state index in [2.05, 4.69) is 10.6 Å². The molecule has 30 heavy (non-hydrogen) atoms. The average Bonchev–Trinajstić information content (AvgIpc) is 3.24. The first-order valence-corrected chi connectivity index (χ1v) is 9.89. The standard InChI is InChI=1S/C21H19N3O5S/c1-13-8-9-16(24(27)28)12-18(13)23-20(25)14(2)30-17-6-3-5-15(11-17)22-21(26)19-7-4-10-29-19/h3-12,14H,1-2H3,(H,22,26)(H,23,25). The van der Waals surface area contributed by atoms with Crippen molar-refractivity contribution in [3.63, 3.8) is 0 Å². The molecule has 0 saturated heterocycles. The highest BCUT2D eigenvalue weighted by molar-refractivity contribution is 8.00. The Balaban J connectivity index is 1.65. The Morgan fingerprint density at radius 3 is 2.60 bits per heavy atom. The smallest absolute Gasteiger partial charge is 0.291 e. The highest BCUT2D eigenvalue weighted by atomic mass is 32.2. The number of furan rings is 1. The molecule has 3 rings (SSSR count). The minimum Gasteiger partial charge on any atom is -0.459 e. The second kappa shape index (κ2) is 9.27. The molecule has 0 aliphatic heterocycles. The van der Waals surface area contributed by atoms with E-state index in [9.17, 15) is 19.7 Å². The quantitative estimate of drug-likeness (QED) is 0.317. The molecular weight excluding hydrogens is 406 g/mol. The molecule has 2 N–H and O–H groups in total. The van der Waals surface area contributed by atoms with Gasteiger partial charge in [-0.1, -0.05) is 12.1 Å². The minimum atomic E-state index is -0.504. The number of amides is 2. The summed E-state index contributed by atoms with van der Waals surface area (Å²) in [4.78, 5) is 35.9. The van der Waals surface area contributed by atoms with E-state index in [1.165, 1.54) is 30.2 Å². The van der Waals surface area contributed by atoms with Crippen LogP contribution in [0.3, 0.4) is 0 Å². The molecule has 0 radical (unpaired) electrons. The van der Waals surface area contributed by atoms with E-state index in [1.54, 1.807) is 50.2 Å². The lowest BCUT2D eigenvalue weighted by Crippen LogP contribution is -2.22.